The molecule has 0 aliphatic rings. The van der Waals surface area contributed by atoms with Crippen LogP contribution in [0.3, 0.4) is 0 Å². The van der Waals surface area contributed by atoms with Crippen molar-refractivity contribution in [1.29, 1.82) is 0 Å². The number of amides is 1. The predicted octanol–water partition coefficient (Wildman–Crippen LogP) is 2.96. The highest BCUT2D eigenvalue weighted by atomic mass is 19.1. The zero-order valence-electron chi connectivity index (χ0n) is 15.7. The number of halogens is 1. The number of ketones is 1. The summed E-state index contributed by atoms with van der Waals surface area (Å²) in [7, 11) is 0. The van der Waals surface area contributed by atoms with E-state index >= 15 is 0 Å². The molecule has 1 amide bonds. The number of benzene rings is 1. The first-order valence-electron chi connectivity index (χ1n) is 8.67. The van der Waals surface area contributed by atoms with Crippen LogP contribution in [0.4, 0.5) is 10.2 Å². The van der Waals surface area contributed by atoms with E-state index in [1.54, 1.807) is 19.1 Å². The number of nitrogens with two attached hydrogens (primary N) is 1. The van der Waals surface area contributed by atoms with Crippen LogP contribution in [0.1, 0.15) is 24.3 Å². The third-order valence-electron chi connectivity index (χ3n) is 3.98. The van der Waals surface area contributed by atoms with Gasteiger partial charge in [0, 0.05) is 23.9 Å². The summed E-state index contributed by atoms with van der Waals surface area (Å²) in [5.74, 6) is 0.0404. The summed E-state index contributed by atoms with van der Waals surface area (Å²) < 4.78 is 18.5. The van der Waals surface area contributed by atoms with Crippen molar-refractivity contribution in [3.63, 3.8) is 0 Å². The molecular formula is C20H18FN5O3. The second-order valence-corrected chi connectivity index (χ2v) is 6.24. The zero-order chi connectivity index (χ0) is 21.0. The summed E-state index contributed by atoms with van der Waals surface area (Å²) in [4.78, 5) is 35.8. The van der Waals surface area contributed by atoms with Crippen LogP contribution in [-0.4, -0.2) is 32.7 Å². The van der Waals surface area contributed by atoms with Gasteiger partial charge in [0.2, 0.25) is 5.88 Å². The summed E-state index contributed by atoms with van der Waals surface area (Å²) in [6.45, 7) is 3.12. The minimum absolute atomic E-state index is 0.000101. The smallest absolute Gasteiger partial charge is 0.267 e. The molecule has 2 heterocycles. The highest BCUT2D eigenvalue weighted by Crippen LogP contribution is 2.23. The Kier molecular flexibility index (Phi) is 5.77. The topological polar surface area (TPSA) is 120 Å². The van der Waals surface area contributed by atoms with Crippen LogP contribution >= 0.6 is 0 Å². The SMILES string of the molecule is CC(=O)[C@H](C)Nc1cc(C(N)=O)nc(-c2ccc(Oc3ccc(F)cc3)nc2)n1. The first-order valence-corrected chi connectivity index (χ1v) is 8.67. The highest BCUT2D eigenvalue weighted by molar-refractivity contribution is 5.92. The number of anilines is 1. The molecule has 9 heteroatoms. The van der Waals surface area contributed by atoms with Crippen LogP contribution < -0.4 is 15.8 Å². The minimum atomic E-state index is -0.726. The maximum atomic E-state index is 13.0. The van der Waals surface area contributed by atoms with Crippen molar-refractivity contribution in [1.82, 2.24) is 15.0 Å². The monoisotopic (exact) mass is 395 g/mol. The van der Waals surface area contributed by atoms with Crippen molar-refractivity contribution in [3.05, 3.63) is 60.2 Å². The molecule has 8 nitrogen and oxygen atoms in total. The van der Waals surface area contributed by atoms with Gasteiger partial charge in [-0.3, -0.25) is 9.59 Å². The number of carbonyl (C=O) groups is 2. The first kappa shape index (κ1) is 19.9. The van der Waals surface area contributed by atoms with E-state index in [0.29, 0.717) is 11.3 Å². The predicted molar refractivity (Wildman–Crippen MR) is 104 cm³/mol. The third kappa shape index (κ3) is 5.10. The Hall–Kier alpha value is -3.88. The standard InChI is InChI=1S/C20H18FN5O3/c1-11(12(2)27)24-17-9-16(19(22)28)25-20(26-17)13-3-8-18(23-10-13)29-15-6-4-14(21)5-7-15/h3-11H,1-2H3,(H2,22,28)(H,24,25,26)/t11-/m0/s1. The molecule has 2 aromatic heterocycles. The number of nitrogens with zero attached hydrogens (tertiary/aromatic N) is 3. The number of rotatable bonds is 7. The largest absolute Gasteiger partial charge is 0.439 e. The molecule has 0 unspecified atom stereocenters. The fourth-order valence-electron chi connectivity index (χ4n) is 2.30. The average molecular weight is 395 g/mol. The molecule has 0 aliphatic carbocycles. The van der Waals surface area contributed by atoms with E-state index in [1.165, 1.54) is 43.5 Å². The van der Waals surface area contributed by atoms with Crippen molar-refractivity contribution in [2.45, 2.75) is 19.9 Å². The van der Waals surface area contributed by atoms with Crippen molar-refractivity contribution in [3.8, 4) is 23.0 Å². The molecular weight excluding hydrogens is 377 g/mol. The van der Waals surface area contributed by atoms with E-state index in [0.717, 1.165) is 0 Å². The lowest BCUT2D eigenvalue weighted by molar-refractivity contribution is -0.117. The first-order chi connectivity index (χ1) is 13.8. The lowest BCUT2D eigenvalue weighted by Gasteiger charge is -2.13. The Morgan fingerprint density at radius 3 is 2.45 bits per heavy atom. The van der Waals surface area contributed by atoms with Gasteiger partial charge >= 0.3 is 0 Å². The minimum Gasteiger partial charge on any atom is -0.439 e. The van der Waals surface area contributed by atoms with Gasteiger partial charge in [-0.25, -0.2) is 19.3 Å². The Morgan fingerprint density at radius 2 is 1.86 bits per heavy atom. The second-order valence-electron chi connectivity index (χ2n) is 6.24. The van der Waals surface area contributed by atoms with Gasteiger partial charge in [-0.1, -0.05) is 0 Å². The Morgan fingerprint density at radius 1 is 1.14 bits per heavy atom. The maximum Gasteiger partial charge on any atom is 0.267 e. The molecule has 0 spiro atoms. The van der Waals surface area contributed by atoms with E-state index in [9.17, 15) is 14.0 Å². The number of nitrogens with one attached hydrogen (secondary N) is 1. The van der Waals surface area contributed by atoms with Crippen molar-refractivity contribution in [2.75, 3.05) is 5.32 Å². The molecule has 0 bridgehead atoms. The second kappa shape index (κ2) is 8.42. The van der Waals surface area contributed by atoms with Gasteiger partial charge in [-0.05, 0) is 44.2 Å². The van der Waals surface area contributed by atoms with Gasteiger partial charge in [0.1, 0.15) is 23.1 Å². The molecule has 0 saturated carbocycles. The van der Waals surface area contributed by atoms with E-state index in [1.807, 2.05) is 0 Å². The van der Waals surface area contributed by atoms with E-state index < -0.39 is 11.9 Å². The van der Waals surface area contributed by atoms with Gasteiger partial charge in [-0.2, -0.15) is 0 Å². The fraction of sp³-hybridized carbons (Fsp3) is 0.150. The Labute approximate surface area is 166 Å². The quantitative estimate of drug-likeness (QED) is 0.631. The van der Waals surface area contributed by atoms with Gasteiger partial charge in [0.05, 0.1) is 6.04 Å². The Bertz CT molecular complexity index is 1040. The Balaban J connectivity index is 1.86. The van der Waals surface area contributed by atoms with Crippen LogP contribution in [0.25, 0.3) is 11.4 Å². The third-order valence-corrected chi connectivity index (χ3v) is 3.98. The van der Waals surface area contributed by atoms with Crippen molar-refractivity contribution in [2.24, 2.45) is 5.73 Å². The van der Waals surface area contributed by atoms with Crippen LogP contribution in [0.5, 0.6) is 11.6 Å². The molecule has 0 radical (unpaired) electrons. The van der Waals surface area contributed by atoms with Crippen molar-refractivity contribution < 1.29 is 18.7 Å². The summed E-state index contributed by atoms with van der Waals surface area (Å²) in [6.07, 6.45) is 1.47. The van der Waals surface area contributed by atoms with Crippen LogP contribution in [0, 0.1) is 5.82 Å². The lowest BCUT2D eigenvalue weighted by Crippen LogP contribution is -2.25. The van der Waals surface area contributed by atoms with Crippen LogP contribution in [0.15, 0.2) is 48.7 Å². The molecule has 29 heavy (non-hydrogen) atoms. The summed E-state index contributed by atoms with van der Waals surface area (Å²) in [6, 6.07) is 9.66. The normalized spacial score (nSPS) is 11.6. The number of primary amides is 1. The number of aromatic nitrogens is 3. The number of hydrogen-bond donors (Lipinski definition) is 2. The summed E-state index contributed by atoms with van der Waals surface area (Å²) >= 11 is 0. The zero-order valence-corrected chi connectivity index (χ0v) is 15.7. The maximum absolute atomic E-state index is 13.0. The van der Waals surface area contributed by atoms with Gasteiger partial charge < -0.3 is 15.8 Å². The molecule has 3 N–H and O–H groups in total. The van der Waals surface area contributed by atoms with E-state index in [-0.39, 0.29) is 34.8 Å². The molecule has 3 rings (SSSR count). The van der Waals surface area contributed by atoms with Gasteiger partial charge in [0.15, 0.2) is 11.6 Å². The van der Waals surface area contributed by atoms with Gasteiger partial charge in [-0.15, -0.1) is 0 Å². The molecule has 0 saturated heterocycles. The average Bonchev–Trinajstić information content (AvgIpc) is 2.70. The summed E-state index contributed by atoms with van der Waals surface area (Å²) in [5, 5.41) is 2.91. The number of pyridine rings is 1. The number of Topliss-reactive ketones (excluding diaryl/α,β-unsaturated/α-hetero) is 1. The number of ether oxygens (including phenoxy) is 1. The molecule has 0 aliphatic heterocycles. The van der Waals surface area contributed by atoms with Crippen LogP contribution in [0.2, 0.25) is 0 Å². The molecule has 148 valence electrons. The van der Waals surface area contributed by atoms with Gasteiger partial charge in [0.25, 0.3) is 5.91 Å². The highest BCUT2D eigenvalue weighted by Gasteiger charge is 2.14. The molecule has 1 aromatic carbocycles. The molecule has 0 fully saturated rings. The molecule has 1 atom stereocenters. The number of carbonyl (C=O) groups excluding carboxylic acids is 2. The lowest BCUT2D eigenvalue weighted by atomic mass is 10.2. The number of hydrogen-bond acceptors (Lipinski definition) is 7. The fourth-order valence-corrected chi connectivity index (χ4v) is 2.30. The van der Waals surface area contributed by atoms with Crippen molar-refractivity contribution >= 4 is 17.5 Å². The van der Waals surface area contributed by atoms with Crippen LogP contribution in [-0.2, 0) is 4.79 Å². The van der Waals surface area contributed by atoms with E-state index in [4.69, 9.17) is 10.5 Å². The molecule has 3 aromatic rings. The summed E-state index contributed by atoms with van der Waals surface area (Å²) in [5.41, 5.74) is 5.87. The van der Waals surface area contributed by atoms with E-state index in [2.05, 4.69) is 20.3 Å².